The van der Waals surface area contributed by atoms with Gasteiger partial charge in [-0.3, -0.25) is 24.7 Å². The van der Waals surface area contributed by atoms with Crippen LogP contribution in [0.1, 0.15) is 31.4 Å². The zero-order valence-corrected chi connectivity index (χ0v) is 20.0. The Bertz CT molecular complexity index is 1120. The van der Waals surface area contributed by atoms with E-state index in [0.717, 1.165) is 24.9 Å². The fourth-order valence-corrected chi connectivity index (χ4v) is 5.74. The molecule has 2 bridgehead atoms. The molecule has 0 aromatic heterocycles. The summed E-state index contributed by atoms with van der Waals surface area (Å²) >= 11 is 0. The number of benzene rings is 1. The molecule has 1 aromatic carbocycles. The number of piperidine rings is 1. The summed E-state index contributed by atoms with van der Waals surface area (Å²) in [6.07, 6.45) is 5.31. The van der Waals surface area contributed by atoms with Crippen LogP contribution in [0.2, 0.25) is 0 Å². The van der Waals surface area contributed by atoms with Gasteiger partial charge in [0.15, 0.2) is 17.6 Å². The van der Waals surface area contributed by atoms with Crippen molar-refractivity contribution in [1.29, 1.82) is 0 Å². The number of likely N-dealkylation sites (N-methyl/N-ethyl adjacent to an activating group) is 1. The summed E-state index contributed by atoms with van der Waals surface area (Å²) in [4.78, 5) is 25.7. The van der Waals surface area contributed by atoms with Gasteiger partial charge in [0.2, 0.25) is 0 Å². The molecule has 1 spiro atoms. The third kappa shape index (κ3) is 4.91. The first kappa shape index (κ1) is 27.0. The normalized spacial score (nSPS) is 29.3. The lowest BCUT2D eigenvalue weighted by molar-refractivity contribution is -0.176. The summed E-state index contributed by atoms with van der Waals surface area (Å²) in [6.45, 7) is 3.77. The van der Waals surface area contributed by atoms with Crippen molar-refractivity contribution in [1.82, 2.24) is 4.90 Å². The van der Waals surface area contributed by atoms with Crippen molar-refractivity contribution in [3.8, 4) is 11.5 Å². The molecule has 2 aliphatic carbocycles. The highest BCUT2D eigenvalue weighted by Gasteiger charge is 2.65. The van der Waals surface area contributed by atoms with Gasteiger partial charge in [0.25, 0.3) is 0 Å². The van der Waals surface area contributed by atoms with Gasteiger partial charge in [0, 0.05) is 36.8 Å². The van der Waals surface area contributed by atoms with Crippen LogP contribution in [0, 0.1) is 5.92 Å². The highest BCUT2D eigenvalue weighted by Crippen LogP contribution is 2.62. The van der Waals surface area contributed by atoms with E-state index in [1.807, 2.05) is 12.1 Å². The predicted molar refractivity (Wildman–Crippen MR) is 117 cm³/mol. The van der Waals surface area contributed by atoms with Crippen LogP contribution in [0.25, 0.3) is 0 Å². The average Bonchev–Trinajstić information content (AvgIpc) is 3.15. The second-order valence-electron chi connectivity index (χ2n) is 8.59. The fraction of sp³-hybridized carbons (Fsp3) is 0.524. The van der Waals surface area contributed by atoms with E-state index in [4.69, 9.17) is 43.0 Å². The summed E-state index contributed by atoms with van der Waals surface area (Å²) in [7, 11) is -2.43. The van der Waals surface area contributed by atoms with Gasteiger partial charge in [-0.2, -0.15) is 8.42 Å². The Balaban J connectivity index is 0.000000377. The summed E-state index contributed by atoms with van der Waals surface area (Å²) in [6, 6.07) is 4.28. The zero-order chi connectivity index (χ0) is 26.1. The molecule has 0 amide bonds. The quantitative estimate of drug-likeness (QED) is 0.112. The Morgan fingerprint density at radius 2 is 1.83 bits per heavy atom. The Kier molecular flexibility index (Phi) is 7.86. The molecule has 2 heterocycles. The SMILES string of the molecule is CC(=O)Oc1ccc2c3c1O[C@H]1[C@@H](OC(C)=O)C=C[C@H]4[C@@H](C2)N(C)CC[C@@]341.O=S(=O)(O)OO.OO. The van der Waals surface area contributed by atoms with E-state index in [0.29, 0.717) is 17.5 Å². The Morgan fingerprint density at radius 1 is 1.17 bits per heavy atom. The monoisotopic (exact) mass is 517 g/mol. The molecule has 2 aliphatic heterocycles. The number of carbonyl (C=O) groups excluding carboxylic acids is 2. The van der Waals surface area contributed by atoms with E-state index in [1.165, 1.54) is 19.4 Å². The lowest BCUT2D eigenvalue weighted by Gasteiger charge is -2.56. The van der Waals surface area contributed by atoms with Crippen LogP contribution >= 0.6 is 0 Å². The number of rotatable bonds is 3. The molecule has 14 heteroatoms. The van der Waals surface area contributed by atoms with Gasteiger partial charge >= 0.3 is 22.3 Å². The second-order valence-corrected chi connectivity index (χ2v) is 9.59. The first-order valence-electron chi connectivity index (χ1n) is 10.6. The molecule has 5 atom stereocenters. The van der Waals surface area contributed by atoms with Gasteiger partial charge < -0.3 is 19.1 Å². The van der Waals surface area contributed by atoms with E-state index >= 15 is 0 Å². The van der Waals surface area contributed by atoms with Crippen molar-refractivity contribution in [3.63, 3.8) is 0 Å². The molecule has 0 unspecified atom stereocenters. The van der Waals surface area contributed by atoms with Gasteiger partial charge in [-0.05, 0) is 44.1 Å². The molecule has 5 rings (SSSR count). The number of carbonyl (C=O) groups is 2. The summed E-state index contributed by atoms with van der Waals surface area (Å²) in [5.41, 5.74) is 2.15. The summed E-state index contributed by atoms with van der Waals surface area (Å²) in [5.74, 6) is 0.712. The number of hydrogen-bond donors (Lipinski definition) is 4. The average molecular weight is 518 g/mol. The van der Waals surface area contributed by atoms with E-state index in [9.17, 15) is 9.59 Å². The molecule has 0 radical (unpaired) electrons. The largest absolute Gasteiger partial charge is 0.481 e. The maximum Gasteiger partial charge on any atom is 0.423 e. The number of nitrogens with zero attached hydrogens (tertiary/aromatic N) is 1. The van der Waals surface area contributed by atoms with Crippen molar-refractivity contribution in [2.75, 3.05) is 13.6 Å². The van der Waals surface area contributed by atoms with Crippen molar-refractivity contribution in [2.24, 2.45) is 5.92 Å². The summed E-state index contributed by atoms with van der Waals surface area (Å²) in [5, 5.41) is 19.1. The predicted octanol–water partition coefficient (Wildman–Crippen LogP) is 1.28. The third-order valence-corrected chi connectivity index (χ3v) is 6.95. The van der Waals surface area contributed by atoms with Crippen LogP contribution in [0.4, 0.5) is 0 Å². The Labute approximate surface area is 201 Å². The van der Waals surface area contributed by atoms with Crippen LogP contribution in [0.3, 0.4) is 0 Å². The van der Waals surface area contributed by atoms with E-state index in [-0.39, 0.29) is 29.4 Å². The maximum atomic E-state index is 11.7. The van der Waals surface area contributed by atoms with Gasteiger partial charge in [0.05, 0.1) is 0 Å². The second kappa shape index (κ2) is 10.2. The number of ether oxygens (including phenoxy) is 3. The highest BCUT2D eigenvalue weighted by atomic mass is 32.3. The Morgan fingerprint density at radius 3 is 2.40 bits per heavy atom. The van der Waals surface area contributed by atoms with Crippen LogP contribution in [-0.4, -0.2) is 77.4 Å². The van der Waals surface area contributed by atoms with Crippen molar-refractivity contribution in [2.45, 2.75) is 50.4 Å². The topological polar surface area (TPSA) is 189 Å². The molecule has 1 saturated heterocycles. The highest BCUT2D eigenvalue weighted by molar-refractivity contribution is 7.80. The minimum Gasteiger partial charge on any atom is -0.481 e. The Hall–Kier alpha value is -2.59. The van der Waals surface area contributed by atoms with Crippen molar-refractivity contribution < 1.29 is 56.9 Å². The standard InChI is InChI=1S/C21H23NO5.H2O5S.H2O2/c1-11(23)25-16-6-4-13-10-15-14-5-7-17(26-12(2)24)20-21(14,8-9-22(15)3)18(13)19(16)27-20;1-5-6(2,3)4;1-2/h4-7,14-15,17,20H,8-10H2,1-3H3;1H,(H,2,3,4);1-2H/t14-,15+,17-,20-,21-;;/m0../s1. The minimum absolute atomic E-state index is 0.245. The van der Waals surface area contributed by atoms with E-state index < -0.39 is 16.5 Å². The van der Waals surface area contributed by atoms with E-state index in [2.05, 4.69) is 28.4 Å². The lowest BCUT2D eigenvalue weighted by atomic mass is 9.53. The van der Waals surface area contributed by atoms with Crippen LogP contribution in [0.15, 0.2) is 24.3 Å². The van der Waals surface area contributed by atoms with Crippen LogP contribution in [0.5, 0.6) is 11.5 Å². The van der Waals surface area contributed by atoms with Crippen molar-refractivity contribution in [3.05, 3.63) is 35.4 Å². The minimum atomic E-state index is -4.61. The summed E-state index contributed by atoms with van der Waals surface area (Å²) < 4.78 is 45.5. The van der Waals surface area contributed by atoms with E-state index in [1.54, 1.807) is 0 Å². The maximum absolute atomic E-state index is 11.7. The number of esters is 2. The molecule has 13 nitrogen and oxygen atoms in total. The fourth-order valence-electron chi connectivity index (χ4n) is 5.74. The first-order chi connectivity index (χ1) is 16.5. The molecular weight excluding hydrogens is 490 g/mol. The number of likely N-dealkylation sites (tertiary alicyclic amines) is 1. The molecule has 1 aromatic rings. The van der Waals surface area contributed by atoms with Crippen LogP contribution in [-0.2, 0) is 40.9 Å². The van der Waals surface area contributed by atoms with Gasteiger partial charge in [-0.15, -0.1) is 0 Å². The van der Waals surface area contributed by atoms with Crippen molar-refractivity contribution >= 4 is 22.3 Å². The van der Waals surface area contributed by atoms with Crippen LogP contribution < -0.4 is 9.47 Å². The number of hydrogen-bond acceptors (Lipinski definition) is 12. The molecule has 35 heavy (non-hydrogen) atoms. The molecule has 4 aliphatic rings. The lowest BCUT2D eigenvalue weighted by Crippen LogP contribution is -2.65. The van der Waals surface area contributed by atoms with Gasteiger partial charge in [-0.1, -0.05) is 16.5 Å². The first-order valence-corrected chi connectivity index (χ1v) is 11.9. The van der Waals surface area contributed by atoms with Gasteiger partial charge in [-0.25, -0.2) is 5.26 Å². The smallest absolute Gasteiger partial charge is 0.423 e. The molecule has 4 N–H and O–H groups in total. The molecular formula is C21H27NO12S. The molecule has 1 fully saturated rings. The zero-order valence-electron chi connectivity index (χ0n) is 19.2. The third-order valence-electron chi connectivity index (χ3n) is 6.77. The molecule has 0 saturated carbocycles. The molecule has 194 valence electrons. The van der Waals surface area contributed by atoms with Gasteiger partial charge in [0.1, 0.15) is 6.10 Å².